The van der Waals surface area contributed by atoms with Gasteiger partial charge in [0.05, 0.1) is 43.0 Å². The number of benzene rings is 2. The van der Waals surface area contributed by atoms with E-state index in [0.29, 0.717) is 35.5 Å². The standard InChI is InChI=1S/C28H28N4O5/c1-17-19(26(33)31-14-7-8-15-31)12-9-13-21(17)32-24(28(35)37-3)23(27(34)36-2)22(20(16-29)25(32)30)18-10-5-4-6-11-18/h4-6,9-13,22H,7-8,14-15,30H2,1-3H3. The van der Waals surface area contributed by atoms with Gasteiger partial charge in [0, 0.05) is 18.7 Å². The first-order valence-corrected chi connectivity index (χ1v) is 11.9. The molecule has 1 unspecified atom stereocenters. The summed E-state index contributed by atoms with van der Waals surface area (Å²) in [5.41, 5.74) is 8.35. The van der Waals surface area contributed by atoms with Crippen molar-refractivity contribution in [3.63, 3.8) is 0 Å². The van der Waals surface area contributed by atoms with Gasteiger partial charge in [0.2, 0.25) is 0 Å². The maximum absolute atomic E-state index is 13.3. The number of anilines is 1. The number of hydrogen-bond acceptors (Lipinski definition) is 8. The maximum Gasteiger partial charge on any atom is 0.355 e. The molecule has 0 aromatic heterocycles. The Kier molecular flexibility index (Phi) is 7.30. The van der Waals surface area contributed by atoms with Gasteiger partial charge in [0.25, 0.3) is 5.91 Å². The van der Waals surface area contributed by atoms with Gasteiger partial charge in [0.15, 0.2) is 0 Å². The lowest BCUT2D eigenvalue weighted by Crippen LogP contribution is -2.41. The van der Waals surface area contributed by atoms with Crippen molar-refractivity contribution in [2.45, 2.75) is 25.7 Å². The minimum Gasteiger partial charge on any atom is -0.466 e. The number of rotatable bonds is 5. The fourth-order valence-electron chi connectivity index (χ4n) is 4.95. The number of nitrogens with two attached hydrogens (primary N) is 1. The third-order valence-corrected chi connectivity index (χ3v) is 6.78. The van der Waals surface area contributed by atoms with Crippen LogP contribution in [0.15, 0.2) is 71.2 Å². The summed E-state index contributed by atoms with van der Waals surface area (Å²) in [5.74, 6) is -2.77. The molecule has 2 N–H and O–H groups in total. The van der Waals surface area contributed by atoms with Gasteiger partial charge in [-0.3, -0.25) is 9.69 Å². The largest absolute Gasteiger partial charge is 0.466 e. The van der Waals surface area contributed by atoms with E-state index in [0.717, 1.165) is 12.8 Å². The molecule has 37 heavy (non-hydrogen) atoms. The molecule has 9 heteroatoms. The molecule has 1 atom stereocenters. The maximum atomic E-state index is 13.3. The highest BCUT2D eigenvalue weighted by atomic mass is 16.5. The smallest absolute Gasteiger partial charge is 0.355 e. The monoisotopic (exact) mass is 500 g/mol. The number of allylic oxidation sites excluding steroid dienone is 1. The second kappa shape index (κ2) is 10.6. The van der Waals surface area contributed by atoms with Crippen LogP contribution >= 0.6 is 0 Å². The zero-order valence-electron chi connectivity index (χ0n) is 21.0. The van der Waals surface area contributed by atoms with Crippen molar-refractivity contribution in [2.75, 3.05) is 32.2 Å². The second-order valence-corrected chi connectivity index (χ2v) is 8.78. The number of nitriles is 1. The first-order chi connectivity index (χ1) is 17.8. The number of hydrogen-bond donors (Lipinski definition) is 1. The summed E-state index contributed by atoms with van der Waals surface area (Å²) in [4.78, 5) is 42.9. The van der Waals surface area contributed by atoms with E-state index in [2.05, 4.69) is 6.07 Å². The summed E-state index contributed by atoms with van der Waals surface area (Å²) in [6.07, 6.45) is 1.88. The summed E-state index contributed by atoms with van der Waals surface area (Å²) < 4.78 is 10.2. The van der Waals surface area contributed by atoms with Crippen LogP contribution in [0.5, 0.6) is 0 Å². The topological polar surface area (TPSA) is 126 Å². The number of ether oxygens (including phenoxy) is 2. The molecule has 0 bridgehead atoms. The Morgan fingerprint density at radius 1 is 0.973 bits per heavy atom. The van der Waals surface area contributed by atoms with Gasteiger partial charge in [0.1, 0.15) is 11.5 Å². The number of carbonyl (C=O) groups is 3. The minimum absolute atomic E-state index is 0.0433. The highest BCUT2D eigenvalue weighted by Gasteiger charge is 2.43. The molecule has 2 aromatic carbocycles. The summed E-state index contributed by atoms with van der Waals surface area (Å²) in [6, 6.07) is 16.0. The van der Waals surface area contributed by atoms with Crippen molar-refractivity contribution in [3.8, 4) is 6.07 Å². The number of amides is 1. The van der Waals surface area contributed by atoms with Gasteiger partial charge in [-0.05, 0) is 43.0 Å². The lowest BCUT2D eigenvalue weighted by atomic mass is 9.80. The molecular weight excluding hydrogens is 472 g/mol. The molecule has 9 nitrogen and oxygen atoms in total. The molecular formula is C28H28N4O5. The van der Waals surface area contributed by atoms with Crippen LogP contribution in [0.4, 0.5) is 5.69 Å². The normalized spacial score (nSPS) is 17.5. The van der Waals surface area contributed by atoms with Gasteiger partial charge in [-0.15, -0.1) is 0 Å². The number of likely N-dealkylation sites (tertiary alicyclic amines) is 1. The second-order valence-electron chi connectivity index (χ2n) is 8.78. The predicted octanol–water partition coefficient (Wildman–Crippen LogP) is 3.13. The van der Waals surface area contributed by atoms with Crippen LogP contribution in [0.2, 0.25) is 0 Å². The van der Waals surface area contributed by atoms with Crippen LogP contribution < -0.4 is 10.6 Å². The molecule has 2 aromatic rings. The van der Waals surface area contributed by atoms with Crippen molar-refractivity contribution in [1.29, 1.82) is 5.26 Å². The lowest BCUT2D eigenvalue weighted by molar-refractivity contribution is -0.139. The van der Waals surface area contributed by atoms with Crippen LogP contribution in [0.3, 0.4) is 0 Å². The summed E-state index contributed by atoms with van der Waals surface area (Å²) >= 11 is 0. The first kappa shape index (κ1) is 25.5. The molecule has 0 radical (unpaired) electrons. The Hall–Kier alpha value is -4.58. The summed E-state index contributed by atoms with van der Waals surface area (Å²) in [6.45, 7) is 3.09. The van der Waals surface area contributed by atoms with Crippen LogP contribution in [-0.2, 0) is 19.1 Å². The molecule has 190 valence electrons. The van der Waals surface area contributed by atoms with E-state index in [1.807, 2.05) is 0 Å². The molecule has 0 aliphatic carbocycles. The van der Waals surface area contributed by atoms with Crippen molar-refractivity contribution in [2.24, 2.45) is 5.73 Å². The number of carbonyl (C=O) groups excluding carboxylic acids is 3. The number of esters is 2. The van der Waals surface area contributed by atoms with Crippen molar-refractivity contribution >= 4 is 23.5 Å². The molecule has 2 aliphatic rings. The average Bonchev–Trinajstić information content (AvgIpc) is 3.47. The van der Waals surface area contributed by atoms with E-state index in [-0.39, 0.29) is 28.6 Å². The predicted molar refractivity (Wildman–Crippen MR) is 136 cm³/mol. The molecule has 1 saturated heterocycles. The fraction of sp³-hybridized carbons (Fsp3) is 0.286. The van der Waals surface area contributed by atoms with E-state index < -0.39 is 17.9 Å². The van der Waals surface area contributed by atoms with E-state index >= 15 is 0 Å². The Balaban J connectivity index is 2.00. The highest BCUT2D eigenvalue weighted by molar-refractivity contribution is 6.07. The Morgan fingerprint density at radius 2 is 1.62 bits per heavy atom. The van der Waals surface area contributed by atoms with E-state index in [4.69, 9.17) is 15.2 Å². The average molecular weight is 501 g/mol. The number of methoxy groups -OCH3 is 2. The fourth-order valence-corrected chi connectivity index (χ4v) is 4.95. The van der Waals surface area contributed by atoms with Gasteiger partial charge in [-0.25, -0.2) is 9.59 Å². The van der Waals surface area contributed by atoms with Gasteiger partial charge < -0.3 is 20.1 Å². The van der Waals surface area contributed by atoms with Crippen molar-refractivity contribution < 1.29 is 23.9 Å². The minimum atomic E-state index is -0.960. The van der Waals surface area contributed by atoms with Crippen molar-refractivity contribution in [1.82, 2.24) is 4.90 Å². The zero-order chi connectivity index (χ0) is 26.7. The van der Waals surface area contributed by atoms with Crippen LogP contribution in [0.25, 0.3) is 0 Å². The van der Waals surface area contributed by atoms with Gasteiger partial charge >= 0.3 is 11.9 Å². The Bertz CT molecular complexity index is 1350. The molecule has 0 saturated carbocycles. The lowest BCUT2D eigenvalue weighted by Gasteiger charge is -2.36. The van der Waals surface area contributed by atoms with E-state index in [9.17, 15) is 19.6 Å². The molecule has 2 heterocycles. The third kappa shape index (κ3) is 4.42. The van der Waals surface area contributed by atoms with Gasteiger partial charge in [-0.1, -0.05) is 36.4 Å². The zero-order valence-corrected chi connectivity index (χ0v) is 21.0. The Morgan fingerprint density at radius 3 is 2.22 bits per heavy atom. The summed E-state index contributed by atoms with van der Waals surface area (Å²) in [7, 11) is 2.39. The van der Waals surface area contributed by atoms with Crippen molar-refractivity contribution in [3.05, 3.63) is 87.9 Å². The van der Waals surface area contributed by atoms with Gasteiger partial charge in [-0.2, -0.15) is 5.26 Å². The summed E-state index contributed by atoms with van der Waals surface area (Å²) in [5, 5.41) is 10.2. The van der Waals surface area contributed by atoms with Crippen LogP contribution in [0, 0.1) is 18.3 Å². The molecule has 2 aliphatic heterocycles. The van der Waals surface area contributed by atoms with E-state index in [1.165, 1.54) is 19.1 Å². The third-order valence-electron chi connectivity index (χ3n) is 6.78. The van der Waals surface area contributed by atoms with Crippen LogP contribution in [0.1, 0.15) is 40.2 Å². The molecule has 4 rings (SSSR count). The highest BCUT2D eigenvalue weighted by Crippen LogP contribution is 2.44. The van der Waals surface area contributed by atoms with E-state index in [1.54, 1.807) is 60.4 Å². The quantitative estimate of drug-likeness (QED) is 0.621. The molecule has 1 amide bonds. The molecule has 1 fully saturated rings. The number of nitrogens with zero attached hydrogens (tertiary/aromatic N) is 3. The van der Waals surface area contributed by atoms with Crippen LogP contribution in [-0.4, -0.2) is 50.1 Å². The molecule has 0 spiro atoms. The first-order valence-electron chi connectivity index (χ1n) is 11.9. The Labute approximate surface area is 215 Å². The SMILES string of the molecule is COC(=O)C1=C(C(=O)OC)N(c2cccc(C(=O)N3CCCC3)c2C)C(N)=C(C#N)C1c1ccccc1.